The second kappa shape index (κ2) is 7.34. The number of phenols is 1. The molecule has 0 radical (unpaired) electrons. The van der Waals surface area contributed by atoms with E-state index in [1.54, 1.807) is 42.5 Å². The summed E-state index contributed by atoms with van der Waals surface area (Å²) in [5.41, 5.74) is 0.672. The number of amides is 1. The molecule has 0 aliphatic carbocycles. The number of nitriles is 1. The van der Waals surface area contributed by atoms with Crippen molar-refractivity contribution < 1.29 is 14.6 Å². The Bertz CT molecular complexity index is 792. The molecular weight excluding hydrogens is 316 g/mol. The molecular formula is C17H13ClN2O3. The van der Waals surface area contributed by atoms with Crippen LogP contribution in [0.5, 0.6) is 11.5 Å². The maximum atomic E-state index is 12.2. The molecule has 1 amide bonds. The van der Waals surface area contributed by atoms with Gasteiger partial charge in [0.1, 0.15) is 11.6 Å². The van der Waals surface area contributed by atoms with E-state index in [4.69, 9.17) is 16.3 Å². The van der Waals surface area contributed by atoms with Crippen molar-refractivity contribution in [2.75, 3.05) is 12.4 Å². The van der Waals surface area contributed by atoms with Gasteiger partial charge < -0.3 is 15.2 Å². The van der Waals surface area contributed by atoms with Gasteiger partial charge in [-0.2, -0.15) is 5.26 Å². The summed E-state index contributed by atoms with van der Waals surface area (Å²) in [7, 11) is 1.42. The standard InChI is InChI=1S/C17H13ClN2O3/c1-23-15-4-2-3-11(16(15)21)9-12(10-19)17(22)20-14-7-5-13(18)6-8-14/h2-9,21H,1H3,(H,20,22)/b12-9+. The maximum absolute atomic E-state index is 12.2. The molecule has 2 aromatic rings. The molecule has 0 aliphatic heterocycles. The molecule has 0 fully saturated rings. The third-order valence-electron chi connectivity index (χ3n) is 3.02. The minimum Gasteiger partial charge on any atom is -0.504 e. The van der Waals surface area contributed by atoms with Crippen molar-refractivity contribution in [3.05, 3.63) is 58.6 Å². The molecule has 0 aromatic heterocycles. The molecule has 0 saturated heterocycles. The highest BCUT2D eigenvalue weighted by molar-refractivity contribution is 6.30. The highest BCUT2D eigenvalue weighted by Crippen LogP contribution is 2.31. The molecule has 0 saturated carbocycles. The van der Waals surface area contributed by atoms with Crippen LogP contribution in [0, 0.1) is 11.3 Å². The van der Waals surface area contributed by atoms with Gasteiger partial charge in [-0.3, -0.25) is 4.79 Å². The number of carbonyl (C=O) groups excluding carboxylic acids is 1. The van der Waals surface area contributed by atoms with Crippen molar-refractivity contribution in [2.24, 2.45) is 0 Å². The molecule has 116 valence electrons. The van der Waals surface area contributed by atoms with Crippen molar-refractivity contribution >= 4 is 29.3 Å². The summed E-state index contributed by atoms with van der Waals surface area (Å²) in [5, 5.41) is 22.3. The molecule has 2 N–H and O–H groups in total. The summed E-state index contributed by atoms with van der Waals surface area (Å²) < 4.78 is 4.99. The van der Waals surface area contributed by atoms with E-state index < -0.39 is 5.91 Å². The minimum atomic E-state index is -0.586. The van der Waals surface area contributed by atoms with Gasteiger partial charge in [0.15, 0.2) is 11.5 Å². The lowest BCUT2D eigenvalue weighted by Gasteiger charge is -2.07. The first-order valence-corrected chi connectivity index (χ1v) is 6.97. The Hall–Kier alpha value is -2.97. The van der Waals surface area contributed by atoms with E-state index in [1.165, 1.54) is 13.2 Å². The average Bonchev–Trinajstić information content (AvgIpc) is 2.56. The number of methoxy groups -OCH3 is 1. The molecule has 6 heteroatoms. The summed E-state index contributed by atoms with van der Waals surface area (Å²) in [5.74, 6) is -0.465. The molecule has 2 aromatic carbocycles. The molecule has 0 aliphatic rings. The van der Waals surface area contributed by atoms with Crippen LogP contribution in [-0.2, 0) is 4.79 Å². The van der Waals surface area contributed by atoms with Crippen molar-refractivity contribution in [3.8, 4) is 17.6 Å². The highest BCUT2D eigenvalue weighted by Gasteiger charge is 2.12. The van der Waals surface area contributed by atoms with Gasteiger partial charge in [0.25, 0.3) is 5.91 Å². The zero-order valence-electron chi connectivity index (χ0n) is 12.2. The summed E-state index contributed by atoms with van der Waals surface area (Å²) in [6, 6.07) is 13.1. The Kier molecular flexibility index (Phi) is 5.23. The lowest BCUT2D eigenvalue weighted by atomic mass is 10.1. The topological polar surface area (TPSA) is 82.3 Å². The summed E-state index contributed by atoms with van der Waals surface area (Å²) in [4.78, 5) is 12.2. The normalized spacial score (nSPS) is 10.7. The number of rotatable bonds is 4. The average molecular weight is 329 g/mol. The Morgan fingerprint density at radius 3 is 2.61 bits per heavy atom. The third-order valence-corrected chi connectivity index (χ3v) is 3.27. The van der Waals surface area contributed by atoms with Crippen molar-refractivity contribution in [1.82, 2.24) is 0 Å². The van der Waals surface area contributed by atoms with Gasteiger partial charge in [-0.05, 0) is 36.4 Å². The molecule has 0 atom stereocenters. The van der Waals surface area contributed by atoms with Gasteiger partial charge >= 0.3 is 0 Å². The maximum Gasteiger partial charge on any atom is 0.266 e. The van der Waals surface area contributed by atoms with Crippen LogP contribution in [0.2, 0.25) is 5.02 Å². The van der Waals surface area contributed by atoms with Crippen LogP contribution < -0.4 is 10.1 Å². The van der Waals surface area contributed by atoms with Crippen LogP contribution in [0.15, 0.2) is 48.0 Å². The van der Waals surface area contributed by atoms with Crippen molar-refractivity contribution in [3.63, 3.8) is 0 Å². The third kappa shape index (κ3) is 4.02. The van der Waals surface area contributed by atoms with Gasteiger partial charge in [-0.1, -0.05) is 23.7 Å². The van der Waals surface area contributed by atoms with Crippen LogP contribution in [0.4, 0.5) is 5.69 Å². The lowest BCUT2D eigenvalue weighted by Crippen LogP contribution is -2.13. The molecule has 0 spiro atoms. The Morgan fingerprint density at radius 1 is 1.30 bits per heavy atom. The quantitative estimate of drug-likeness (QED) is 0.663. The molecule has 5 nitrogen and oxygen atoms in total. The summed E-state index contributed by atoms with van der Waals surface area (Å²) in [6.45, 7) is 0. The predicted octanol–water partition coefficient (Wildman–Crippen LogP) is 3.60. The number of benzene rings is 2. The minimum absolute atomic E-state index is 0.137. The second-order valence-corrected chi connectivity index (χ2v) is 4.97. The Labute approximate surface area is 138 Å². The van der Waals surface area contributed by atoms with E-state index >= 15 is 0 Å². The van der Waals surface area contributed by atoms with E-state index in [9.17, 15) is 15.2 Å². The number of ether oxygens (including phenoxy) is 1. The van der Waals surface area contributed by atoms with Crippen LogP contribution >= 0.6 is 11.6 Å². The van der Waals surface area contributed by atoms with Gasteiger partial charge in [-0.25, -0.2) is 0 Å². The molecule has 2 rings (SSSR count). The predicted molar refractivity (Wildman–Crippen MR) is 88.3 cm³/mol. The number of anilines is 1. The number of carbonyl (C=O) groups is 1. The lowest BCUT2D eigenvalue weighted by molar-refractivity contribution is -0.112. The molecule has 0 bridgehead atoms. The number of nitrogens with one attached hydrogen (secondary N) is 1. The van der Waals surface area contributed by atoms with Crippen LogP contribution in [-0.4, -0.2) is 18.1 Å². The zero-order valence-corrected chi connectivity index (χ0v) is 13.0. The van der Waals surface area contributed by atoms with Gasteiger partial charge in [-0.15, -0.1) is 0 Å². The van der Waals surface area contributed by atoms with E-state index in [0.29, 0.717) is 16.3 Å². The fourth-order valence-corrected chi connectivity index (χ4v) is 1.98. The van der Waals surface area contributed by atoms with Crippen molar-refractivity contribution in [2.45, 2.75) is 0 Å². The van der Waals surface area contributed by atoms with Crippen LogP contribution in [0.1, 0.15) is 5.56 Å². The summed E-state index contributed by atoms with van der Waals surface area (Å²) >= 11 is 5.78. The molecule has 23 heavy (non-hydrogen) atoms. The SMILES string of the molecule is COc1cccc(/C=C(\C#N)C(=O)Nc2ccc(Cl)cc2)c1O. The Balaban J connectivity index is 2.27. The van der Waals surface area contributed by atoms with Crippen LogP contribution in [0.25, 0.3) is 6.08 Å². The van der Waals surface area contributed by atoms with E-state index in [0.717, 1.165) is 0 Å². The highest BCUT2D eigenvalue weighted by atomic mass is 35.5. The van der Waals surface area contributed by atoms with E-state index in [-0.39, 0.29) is 17.1 Å². The largest absolute Gasteiger partial charge is 0.504 e. The second-order valence-electron chi connectivity index (χ2n) is 4.53. The first kappa shape index (κ1) is 16.4. The number of halogens is 1. The first-order chi connectivity index (χ1) is 11.0. The number of hydrogen-bond acceptors (Lipinski definition) is 4. The monoisotopic (exact) mass is 328 g/mol. The summed E-state index contributed by atoms with van der Waals surface area (Å²) in [6.07, 6.45) is 1.29. The number of phenolic OH excluding ortho intramolecular Hbond substituents is 1. The molecule has 0 unspecified atom stereocenters. The number of para-hydroxylation sites is 1. The van der Waals surface area contributed by atoms with Crippen molar-refractivity contribution in [1.29, 1.82) is 5.26 Å². The van der Waals surface area contributed by atoms with Gasteiger partial charge in [0.05, 0.1) is 7.11 Å². The smallest absolute Gasteiger partial charge is 0.266 e. The number of nitrogens with zero attached hydrogens (tertiary/aromatic N) is 1. The molecule has 0 heterocycles. The van der Waals surface area contributed by atoms with Gasteiger partial charge in [0, 0.05) is 16.3 Å². The van der Waals surface area contributed by atoms with E-state index in [2.05, 4.69) is 5.32 Å². The number of hydrogen-bond donors (Lipinski definition) is 2. The van der Waals surface area contributed by atoms with Gasteiger partial charge in [0.2, 0.25) is 0 Å². The fourth-order valence-electron chi connectivity index (χ4n) is 1.86. The van der Waals surface area contributed by atoms with E-state index in [1.807, 2.05) is 6.07 Å². The number of aromatic hydroxyl groups is 1. The first-order valence-electron chi connectivity index (χ1n) is 6.60. The Morgan fingerprint density at radius 2 is 2.00 bits per heavy atom. The fraction of sp³-hybridized carbons (Fsp3) is 0.0588. The zero-order chi connectivity index (χ0) is 16.8. The van der Waals surface area contributed by atoms with Crippen LogP contribution in [0.3, 0.4) is 0 Å².